The molecule has 0 aliphatic carbocycles. The van der Waals surface area contributed by atoms with Gasteiger partial charge in [-0.2, -0.15) is 0 Å². The van der Waals surface area contributed by atoms with Crippen LogP contribution in [0.25, 0.3) is 0 Å². The highest BCUT2D eigenvalue weighted by Crippen LogP contribution is 2.16. The van der Waals surface area contributed by atoms with Gasteiger partial charge in [-0.3, -0.25) is 0 Å². The maximum Gasteiger partial charge on any atom is 0.119 e. The van der Waals surface area contributed by atoms with Crippen molar-refractivity contribution in [3.05, 3.63) is 29.8 Å². The van der Waals surface area contributed by atoms with Gasteiger partial charge in [0.15, 0.2) is 0 Å². The Morgan fingerprint density at radius 2 is 2.40 bits per heavy atom. The van der Waals surface area contributed by atoms with E-state index in [1.54, 1.807) is 0 Å². The third kappa shape index (κ3) is 3.24. The fraction of sp³-hybridized carbons (Fsp3) is 0.538. The average molecular weight is 205 g/mol. The topological polar surface area (TPSA) is 21.3 Å². The smallest absolute Gasteiger partial charge is 0.119 e. The van der Waals surface area contributed by atoms with Gasteiger partial charge >= 0.3 is 0 Å². The van der Waals surface area contributed by atoms with Crippen LogP contribution in [0.3, 0.4) is 0 Å². The van der Waals surface area contributed by atoms with Crippen molar-refractivity contribution >= 4 is 0 Å². The van der Waals surface area contributed by atoms with E-state index in [1.807, 2.05) is 12.1 Å². The molecule has 0 bridgehead atoms. The molecule has 1 aromatic rings. The minimum absolute atomic E-state index is 0.680. The summed E-state index contributed by atoms with van der Waals surface area (Å²) in [6.45, 7) is 5.21. The molecule has 2 nitrogen and oxygen atoms in total. The van der Waals surface area contributed by atoms with E-state index < -0.39 is 0 Å². The molecule has 15 heavy (non-hydrogen) atoms. The normalized spacial score (nSPS) is 21.3. The van der Waals surface area contributed by atoms with Gasteiger partial charge in [-0.05, 0) is 44.0 Å². The summed E-state index contributed by atoms with van der Waals surface area (Å²) in [4.78, 5) is 0. The Labute approximate surface area is 91.6 Å². The van der Waals surface area contributed by atoms with Crippen molar-refractivity contribution in [1.82, 2.24) is 5.32 Å². The predicted molar refractivity (Wildman–Crippen MR) is 62.3 cm³/mol. The molecule has 1 N–H and O–H groups in total. The van der Waals surface area contributed by atoms with Gasteiger partial charge in [-0.15, -0.1) is 0 Å². The number of benzene rings is 1. The van der Waals surface area contributed by atoms with Crippen molar-refractivity contribution < 1.29 is 4.74 Å². The van der Waals surface area contributed by atoms with Crippen LogP contribution in [-0.2, 0) is 0 Å². The van der Waals surface area contributed by atoms with Crippen LogP contribution in [0.4, 0.5) is 0 Å². The largest absolute Gasteiger partial charge is 0.493 e. The Hall–Kier alpha value is -1.02. The van der Waals surface area contributed by atoms with Crippen LogP contribution < -0.4 is 10.1 Å². The molecule has 2 rings (SSSR count). The fourth-order valence-electron chi connectivity index (χ4n) is 1.99. The standard InChI is InChI=1S/C13H19NO/c1-11-4-2-6-13(8-11)15-10-12-5-3-7-14-9-12/h2,4,6,8,12,14H,3,5,7,9-10H2,1H3/t12-/m1/s1. The van der Waals surface area contributed by atoms with E-state index >= 15 is 0 Å². The highest BCUT2D eigenvalue weighted by molar-refractivity contribution is 5.27. The average Bonchev–Trinajstić information content (AvgIpc) is 2.28. The third-order valence-electron chi connectivity index (χ3n) is 2.87. The van der Waals surface area contributed by atoms with Gasteiger partial charge < -0.3 is 10.1 Å². The number of hydrogen-bond donors (Lipinski definition) is 1. The molecule has 1 aromatic carbocycles. The molecule has 0 aromatic heterocycles. The molecule has 1 aliphatic rings. The van der Waals surface area contributed by atoms with E-state index in [9.17, 15) is 0 Å². The molecule has 0 radical (unpaired) electrons. The Morgan fingerprint density at radius 1 is 1.47 bits per heavy atom. The molecule has 1 saturated heterocycles. The van der Waals surface area contributed by atoms with Crippen molar-refractivity contribution in [2.45, 2.75) is 19.8 Å². The monoisotopic (exact) mass is 205 g/mol. The van der Waals surface area contributed by atoms with Crippen molar-refractivity contribution in [1.29, 1.82) is 0 Å². The number of aryl methyl sites for hydroxylation is 1. The van der Waals surface area contributed by atoms with Gasteiger partial charge in [-0.25, -0.2) is 0 Å². The Kier molecular flexibility index (Phi) is 3.62. The molecule has 0 spiro atoms. The molecule has 1 fully saturated rings. The van der Waals surface area contributed by atoms with Crippen LogP contribution in [0.1, 0.15) is 18.4 Å². The molecule has 82 valence electrons. The summed E-state index contributed by atoms with van der Waals surface area (Å²) < 4.78 is 5.79. The van der Waals surface area contributed by atoms with E-state index in [4.69, 9.17) is 4.74 Å². The van der Waals surface area contributed by atoms with Crippen LogP contribution in [-0.4, -0.2) is 19.7 Å². The van der Waals surface area contributed by atoms with E-state index in [0.717, 1.165) is 18.9 Å². The second kappa shape index (κ2) is 5.17. The van der Waals surface area contributed by atoms with Gasteiger partial charge in [0, 0.05) is 12.5 Å². The van der Waals surface area contributed by atoms with Crippen LogP contribution in [0.5, 0.6) is 5.75 Å². The zero-order valence-electron chi connectivity index (χ0n) is 9.33. The minimum atomic E-state index is 0.680. The van der Waals surface area contributed by atoms with E-state index in [2.05, 4.69) is 24.4 Å². The first-order valence-corrected chi connectivity index (χ1v) is 5.75. The van der Waals surface area contributed by atoms with E-state index in [-0.39, 0.29) is 0 Å². The zero-order valence-corrected chi connectivity index (χ0v) is 9.33. The lowest BCUT2D eigenvalue weighted by Crippen LogP contribution is -2.33. The summed E-state index contributed by atoms with van der Waals surface area (Å²) in [5.41, 5.74) is 1.26. The predicted octanol–water partition coefficient (Wildman–Crippen LogP) is 2.37. The Morgan fingerprint density at radius 3 is 3.13 bits per heavy atom. The summed E-state index contributed by atoms with van der Waals surface area (Å²) in [6, 6.07) is 8.26. The van der Waals surface area contributed by atoms with Crippen molar-refractivity contribution in [2.24, 2.45) is 5.92 Å². The number of rotatable bonds is 3. The van der Waals surface area contributed by atoms with E-state index in [1.165, 1.54) is 24.9 Å². The van der Waals surface area contributed by atoms with Gasteiger partial charge in [0.05, 0.1) is 6.61 Å². The molecule has 0 saturated carbocycles. The quantitative estimate of drug-likeness (QED) is 0.818. The Bertz CT molecular complexity index is 305. The lowest BCUT2D eigenvalue weighted by atomic mass is 10.0. The van der Waals surface area contributed by atoms with Crippen LogP contribution in [0.2, 0.25) is 0 Å². The summed E-state index contributed by atoms with van der Waals surface area (Å²) in [7, 11) is 0. The summed E-state index contributed by atoms with van der Waals surface area (Å²) in [6.07, 6.45) is 2.57. The van der Waals surface area contributed by atoms with Crippen molar-refractivity contribution in [2.75, 3.05) is 19.7 Å². The third-order valence-corrected chi connectivity index (χ3v) is 2.87. The first-order chi connectivity index (χ1) is 7.34. The molecular formula is C13H19NO. The van der Waals surface area contributed by atoms with Gasteiger partial charge in [0.25, 0.3) is 0 Å². The minimum Gasteiger partial charge on any atom is -0.493 e. The molecule has 0 amide bonds. The molecule has 1 heterocycles. The SMILES string of the molecule is Cc1cccc(OC[C@@H]2CCCNC2)c1. The highest BCUT2D eigenvalue weighted by atomic mass is 16.5. The number of ether oxygens (including phenoxy) is 1. The molecule has 1 aliphatic heterocycles. The lowest BCUT2D eigenvalue weighted by molar-refractivity contribution is 0.218. The lowest BCUT2D eigenvalue weighted by Gasteiger charge is -2.22. The van der Waals surface area contributed by atoms with E-state index in [0.29, 0.717) is 5.92 Å². The summed E-state index contributed by atoms with van der Waals surface area (Å²) in [5, 5.41) is 3.40. The Balaban J connectivity index is 1.81. The number of piperidine rings is 1. The second-order valence-corrected chi connectivity index (χ2v) is 4.34. The highest BCUT2D eigenvalue weighted by Gasteiger charge is 2.13. The molecule has 0 unspecified atom stereocenters. The van der Waals surface area contributed by atoms with Crippen LogP contribution >= 0.6 is 0 Å². The maximum atomic E-state index is 5.79. The van der Waals surface area contributed by atoms with Crippen LogP contribution in [0.15, 0.2) is 24.3 Å². The molecular weight excluding hydrogens is 186 g/mol. The fourth-order valence-corrected chi connectivity index (χ4v) is 1.99. The van der Waals surface area contributed by atoms with Gasteiger partial charge in [-0.1, -0.05) is 12.1 Å². The molecule has 2 heteroatoms. The molecule has 1 atom stereocenters. The maximum absolute atomic E-state index is 5.79. The van der Waals surface area contributed by atoms with Crippen molar-refractivity contribution in [3.8, 4) is 5.75 Å². The van der Waals surface area contributed by atoms with Gasteiger partial charge in [0.1, 0.15) is 5.75 Å². The second-order valence-electron chi connectivity index (χ2n) is 4.34. The van der Waals surface area contributed by atoms with Gasteiger partial charge in [0.2, 0.25) is 0 Å². The first-order valence-electron chi connectivity index (χ1n) is 5.75. The first kappa shape index (κ1) is 10.5. The zero-order chi connectivity index (χ0) is 10.5. The number of hydrogen-bond acceptors (Lipinski definition) is 2. The number of nitrogens with one attached hydrogen (secondary N) is 1. The van der Waals surface area contributed by atoms with Crippen LogP contribution in [0, 0.1) is 12.8 Å². The summed E-state index contributed by atoms with van der Waals surface area (Å²) >= 11 is 0. The summed E-state index contributed by atoms with van der Waals surface area (Å²) in [5.74, 6) is 1.68. The van der Waals surface area contributed by atoms with Crippen molar-refractivity contribution in [3.63, 3.8) is 0 Å².